The van der Waals surface area contributed by atoms with Crippen molar-refractivity contribution in [3.63, 3.8) is 0 Å². The van der Waals surface area contributed by atoms with E-state index in [0.717, 1.165) is 57.0 Å². The summed E-state index contributed by atoms with van der Waals surface area (Å²) in [6.45, 7) is 12.6. The first-order valence-electron chi connectivity index (χ1n) is 14.8. The van der Waals surface area contributed by atoms with E-state index in [2.05, 4.69) is 39.2 Å². The van der Waals surface area contributed by atoms with Gasteiger partial charge in [-0.05, 0) is 64.3 Å². The lowest BCUT2D eigenvalue weighted by Gasteiger charge is -2.50. The van der Waals surface area contributed by atoms with Crippen molar-refractivity contribution in [2.24, 2.45) is 0 Å². The number of piperidine rings is 1. The molecule has 3 aromatic rings. The summed E-state index contributed by atoms with van der Waals surface area (Å²) in [6.07, 6.45) is 5.45. The number of halogens is 1. The second-order valence-electron chi connectivity index (χ2n) is 11.1. The van der Waals surface area contributed by atoms with Crippen LogP contribution in [0.1, 0.15) is 56.1 Å². The van der Waals surface area contributed by atoms with Crippen LogP contribution in [0.25, 0.3) is 11.6 Å². The highest BCUT2D eigenvalue weighted by Gasteiger charge is 2.37. The lowest BCUT2D eigenvalue weighted by Crippen LogP contribution is -2.62. The number of nitrogens with zero attached hydrogens (tertiary/aromatic N) is 7. The van der Waals surface area contributed by atoms with E-state index < -0.39 is 10.1 Å². The molecular formula is C29H41ClN8O5S. The smallest absolute Gasteiger partial charge is 0.315 e. The van der Waals surface area contributed by atoms with Crippen LogP contribution in [-0.2, 0) is 10.1 Å². The summed E-state index contributed by atoms with van der Waals surface area (Å²) in [6, 6.07) is 8.71. The summed E-state index contributed by atoms with van der Waals surface area (Å²) in [5, 5.41) is 11.8. The fraction of sp³-hybridized carbons (Fsp3) is 0.552. The van der Waals surface area contributed by atoms with Crippen LogP contribution < -0.4 is 10.2 Å². The van der Waals surface area contributed by atoms with Crippen LogP contribution in [0.5, 0.6) is 0 Å². The molecule has 15 heteroatoms. The number of benzene rings is 1. The summed E-state index contributed by atoms with van der Waals surface area (Å²) in [5.74, 6) is 1.35. The number of amides is 1. The monoisotopic (exact) mass is 648 g/mol. The van der Waals surface area contributed by atoms with Gasteiger partial charge in [0.15, 0.2) is 0 Å². The first kappa shape index (κ1) is 33.6. The van der Waals surface area contributed by atoms with E-state index in [1.807, 2.05) is 30.9 Å². The quantitative estimate of drug-likeness (QED) is 0.355. The van der Waals surface area contributed by atoms with Crippen LogP contribution in [0.3, 0.4) is 0 Å². The molecule has 1 amide bonds. The molecule has 0 aliphatic carbocycles. The zero-order valence-corrected chi connectivity index (χ0v) is 27.3. The molecule has 5 rings (SSSR count). The number of nitrogens with one attached hydrogen (secondary N) is 1. The number of aryl methyl sites for hydroxylation is 1. The molecule has 4 heterocycles. The van der Waals surface area contributed by atoms with Crippen LogP contribution in [0.15, 0.2) is 34.9 Å². The van der Waals surface area contributed by atoms with Crippen molar-refractivity contribution in [2.45, 2.75) is 65.1 Å². The van der Waals surface area contributed by atoms with Crippen molar-refractivity contribution < 1.29 is 22.2 Å². The molecule has 13 nitrogen and oxygen atoms in total. The van der Waals surface area contributed by atoms with Crippen molar-refractivity contribution in [1.29, 1.82) is 0 Å². The molecule has 0 bridgehead atoms. The number of rotatable bonds is 7. The van der Waals surface area contributed by atoms with Crippen LogP contribution in [0.2, 0.25) is 5.02 Å². The first-order valence-corrected chi connectivity index (χ1v) is 17.0. The standard InChI is InChI=1S/C28H37ClN8O2.CH4O3S/c1-5-22-17-36(25-19(4)32-24(15-31-25)26-33-34-28(39-26)30-6-2)18(3)16-37(22)23-11-13-35(14-12-23)27(38)20-7-9-21(29)10-8-20;1-5(2,3)4/h7-10,15,18,22-23H,5-6,11-14,16-17H2,1-4H3,(H,30,34);1H3,(H,2,3,4)/t18-,22+;/m1./s1. The van der Waals surface area contributed by atoms with Crippen molar-refractivity contribution in [3.05, 3.63) is 46.7 Å². The fourth-order valence-corrected chi connectivity index (χ4v) is 5.88. The summed E-state index contributed by atoms with van der Waals surface area (Å²) in [7, 11) is -3.67. The Kier molecular flexibility index (Phi) is 11.2. The van der Waals surface area contributed by atoms with Gasteiger partial charge in [-0.1, -0.05) is 23.6 Å². The fourth-order valence-electron chi connectivity index (χ4n) is 5.76. The SMILES string of the molecule is CCNc1nnc(-c2cnc(N3C[C@H](CC)N(C4CCN(C(=O)c5ccc(Cl)cc5)CC4)C[C@H]3C)c(C)n2)o1.CS(=O)(=O)O. The number of anilines is 2. The maximum atomic E-state index is 13.0. The van der Waals surface area contributed by atoms with E-state index in [-0.39, 0.29) is 11.9 Å². The van der Waals surface area contributed by atoms with E-state index >= 15 is 0 Å². The molecule has 2 atom stereocenters. The van der Waals surface area contributed by atoms with Crippen LogP contribution in [0, 0.1) is 6.92 Å². The molecule has 1 aromatic carbocycles. The Morgan fingerprint density at radius 1 is 1.14 bits per heavy atom. The highest BCUT2D eigenvalue weighted by atomic mass is 35.5. The molecular weight excluding hydrogens is 608 g/mol. The van der Waals surface area contributed by atoms with Gasteiger partial charge in [0.25, 0.3) is 21.9 Å². The van der Waals surface area contributed by atoms with Gasteiger partial charge < -0.3 is 19.5 Å². The average Bonchev–Trinajstić information content (AvgIpc) is 3.45. The number of carbonyl (C=O) groups excluding carboxylic acids is 1. The topological polar surface area (TPSA) is 158 Å². The summed E-state index contributed by atoms with van der Waals surface area (Å²) in [5.41, 5.74) is 2.12. The molecule has 240 valence electrons. The number of hydrogen-bond acceptors (Lipinski definition) is 11. The maximum absolute atomic E-state index is 13.0. The van der Waals surface area contributed by atoms with Crippen LogP contribution in [0.4, 0.5) is 11.8 Å². The molecule has 2 aliphatic rings. The van der Waals surface area contributed by atoms with E-state index in [4.69, 9.17) is 30.5 Å². The Morgan fingerprint density at radius 2 is 1.80 bits per heavy atom. The molecule has 2 saturated heterocycles. The largest absolute Gasteiger partial charge is 0.402 e. The molecule has 0 saturated carbocycles. The summed E-state index contributed by atoms with van der Waals surface area (Å²) in [4.78, 5) is 29.6. The molecule has 2 aliphatic heterocycles. The van der Waals surface area contributed by atoms with Crippen molar-refractivity contribution in [2.75, 3.05) is 49.2 Å². The van der Waals surface area contributed by atoms with E-state index in [9.17, 15) is 13.2 Å². The third-order valence-electron chi connectivity index (χ3n) is 7.83. The van der Waals surface area contributed by atoms with Gasteiger partial charge in [-0.2, -0.15) is 8.42 Å². The molecule has 0 radical (unpaired) electrons. The summed E-state index contributed by atoms with van der Waals surface area (Å²) >= 11 is 6.00. The molecule has 0 spiro atoms. The Balaban J connectivity index is 0.000000818. The molecule has 44 heavy (non-hydrogen) atoms. The van der Waals surface area contributed by atoms with Gasteiger partial charge in [-0.3, -0.25) is 14.2 Å². The predicted molar refractivity (Wildman–Crippen MR) is 170 cm³/mol. The van der Waals surface area contributed by atoms with Gasteiger partial charge >= 0.3 is 6.01 Å². The minimum atomic E-state index is -3.67. The average molecular weight is 649 g/mol. The van der Waals surface area contributed by atoms with Gasteiger partial charge in [-0.15, -0.1) is 5.10 Å². The van der Waals surface area contributed by atoms with E-state index in [0.29, 0.717) is 53.1 Å². The van der Waals surface area contributed by atoms with Crippen molar-refractivity contribution in [3.8, 4) is 11.6 Å². The minimum Gasteiger partial charge on any atom is -0.402 e. The normalized spacial score (nSPS) is 19.8. The molecule has 2 aromatic heterocycles. The zero-order valence-electron chi connectivity index (χ0n) is 25.8. The van der Waals surface area contributed by atoms with Gasteiger partial charge in [0.1, 0.15) is 11.5 Å². The van der Waals surface area contributed by atoms with E-state index in [1.165, 1.54) is 0 Å². The number of aromatic nitrogens is 4. The lowest BCUT2D eigenvalue weighted by atomic mass is 9.96. The van der Waals surface area contributed by atoms with Gasteiger partial charge in [-0.25, -0.2) is 9.97 Å². The highest BCUT2D eigenvalue weighted by molar-refractivity contribution is 7.85. The second kappa shape index (κ2) is 14.6. The molecule has 2 fully saturated rings. The maximum Gasteiger partial charge on any atom is 0.315 e. The number of piperazine rings is 1. The van der Waals surface area contributed by atoms with E-state index in [1.54, 1.807) is 18.3 Å². The molecule has 2 N–H and O–H groups in total. The van der Waals surface area contributed by atoms with Gasteiger partial charge in [0.2, 0.25) is 0 Å². The van der Waals surface area contributed by atoms with Crippen LogP contribution >= 0.6 is 11.6 Å². The Labute approximate surface area is 263 Å². The Morgan fingerprint density at radius 3 is 2.39 bits per heavy atom. The zero-order chi connectivity index (χ0) is 32.0. The van der Waals surface area contributed by atoms with Crippen molar-refractivity contribution in [1.82, 2.24) is 30.0 Å². The second-order valence-corrected chi connectivity index (χ2v) is 13.0. The third-order valence-corrected chi connectivity index (χ3v) is 8.08. The Bertz CT molecular complexity index is 1500. The number of likely N-dealkylation sites (tertiary alicyclic amines) is 1. The van der Waals surface area contributed by atoms with Gasteiger partial charge in [0, 0.05) is 61.4 Å². The highest BCUT2D eigenvalue weighted by Crippen LogP contribution is 2.30. The molecule has 0 unspecified atom stereocenters. The Hall–Kier alpha value is -3.33. The third kappa shape index (κ3) is 8.65. The lowest BCUT2D eigenvalue weighted by molar-refractivity contribution is 0.0434. The predicted octanol–water partition coefficient (Wildman–Crippen LogP) is 4.02. The minimum absolute atomic E-state index is 0.0891. The van der Waals surface area contributed by atoms with Gasteiger partial charge in [0.05, 0.1) is 18.1 Å². The number of carbonyl (C=O) groups is 1. The number of hydrogen-bond donors (Lipinski definition) is 2. The first-order chi connectivity index (χ1) is 20.9. The van der Waals surface area contributed by atoms with Crippen LogP contribution in [-0.4, -0.2) is 106 Å². The van der Waals surface area contributed by atoms with Crippen molar-refractivity contribution >= 4 is 39.5 Å². The summed E-state index contributed by atoms with van der Waals surface area (Å²) < 4.78 is 31.5.